The lowest BCUT2D eigenvalue weighted by molar-refractivity contribution is -0.119. The number of nitrogens with zero attached hydrogens (tertiary/aromatic N) is 3. The van der Waals surface area contributed by atoms with Gasteiger partial charge in [0.25, 0.3) is 0 Å². The van der Waals surface area contributed by atoms with E-state index in [9.17, 15) is 27.6 Å². The fraction of sp³-hybridized carbons (Fsp3) is 0.400. The first kappa shape index (κ1) is 51.2. The summed E-state index contributed by atoms with van der Waals surface area (Å²) >= 11 is 0. The minimum absolute atomic E-state index is 0.0900. The molecule has 3 unspecified atom stereocenters. The Labute approximate surface area is 435 Å². The Balaban J connectivity index is 0.000000128. The second kappa shape index (κ2) is 18.5. The minimum Gasteiger partial charge on any atom is -0.342 e. The van der Waals surface area contributed by atoms with Crippen molar-refractivity contribution in [3.63, 3.8) is 0 Å². The van der Waals surface area contributed by atoms with Crippen LogP contribution in [0.15, 0.2) is 88.4 Å². The molecular formula is C60H66F3N9O3. The average Bonchev–Trinajstić information content (AvgIpc) is 4.01. The zero-order valence-corrected chi connectivity index (χ0v) is 44.9. The van der Waals surface area contributed by atoms with Gasteiger partial charge < -0.3 is 16.0 Å². The highest BCUT2D eigenvalue weighted by Gasteiger charge is 2.46. The van der Waals surface area contributed by atoms with E-state index in [1.54, 1.807) is 30.3 Å². The molecule has 15 heteroatoms. The van der Waals surface area contributed by atoms with Crippen LogP contribution in [0, 0.1) is 75.2 Å². The molecule has 0 saturated carbocycles. The minimum atomic E-state index is -0.408. The van der Waals surface area contributed by atoms with E-state index in [1.807, 2.05) is 47.6 Å². The molecule has 0 bridgehead atoms. The van der Waals surface area contributed by atoms with Gasteiger partial charge >= 0.3 is 0 Å². The number of ketones is 3. The molecule has 0 amide bonds. The quantitative estimate of drug-likeness (QED) is 0.101. The third kappa shape index (κ3) is 9.26. The van der Waals surface area contributed by atoms with E-state index < -0.39 is 5.92 Å². The number of carbonyl (C=O) groups is 3. The summed E-state index contributed by atoms with van der Waals surface area (Å²) in [4.78, 5) is 39.1. The number of rotatable bonds is 3. The Morgan fingerprint density at radius 1 is 0.440 bits per heavy atom. The number of anilines is 3. The zero-order valence-electron chi connectivity index (χ0n) is 44.9. The van der Waals surface area contributed by atoms with Crippen molar-refractivity contribution in [1.82, 2.24) is 30.6 Å². The number of fused-ring (bicyclic) bond motifs is 3. The second-order valence-corrected chi connectivity index (χ2v) is 24.0. The van der Waals surface area contributed by atoms with Gasteiger partial charge in [0.1, 0.15) is 17.5 Å². The van der Waals surface area contributed by atoms with E-state index in [0.717, 1.165) is 121 Å². The van der Waals surface area contributed by atoms with Crippen molar-refractivity contribution in [3.8, 4) is 0 Å². The summed E-state index contributed by atoms with van der Waals surface area (Å²) < 4.78 is 42.8. The molecule has 6 heterocycles. The van der Waals surface area contributed by atoms with E-state index in [-0.39, 0.29) is 62.9 Å². The summed E-state index contributed by atoms with van der Waals surface area (Å²) in [5.41, 5.74) is 15.2. The van der Waals surface area contributed by atoms with Gasteiger partial charge in [-0.1, -0.05) is 65.8 Å². The topological polar surface area (TPSA) is 173 Å². The fourth-order valence-corrected chi connectivity index (χ4v) is 12.6. The summed E-state index contributed by atoms with van der Waals surface area (Å²) in [5, 5.41) is 32.2. The SMILES string of the molecule is Cc1ccc(F)cc1C1C2=C(CC(C)(C)CC2=O)Nc2n[nH]c(C)c21.Cc1ccc(F)cc1C1C2=C(CC(C)(C)CC2=O)Nc2n[nH]c(C)c21.Cc1cccc(F)c1C1C2=C(CC(C)(C)CC2=O)Nc2n[nH]c(C)c21. The summed E-state index contributed by atoms with van der Waals surface area (Å²) in [7, 11) is 0. The lowest BCUT2D eigenvalue weighted by Gasteiger charge is -2.38. The number of halogens is 3. The smallest absolute Gasteiger partial charge is 0.162 e. The van der Waals surface area contributed by atoms with Crippen molar-refractivity contribution in [2.75, 3.05) is 16.0 Å². The highest BCUT2D eigenvalue weighted by molar-refractivity contribution is 6.03. The van der Waals surface area contributed by atoms with Gasteiger partial charge in [-0.2, -0.15) is 15.3 Å². The van der Waals surface area contributed by atoms with Crippen LogP contribution >= 0.6 is 0 Å². The van der Waals surface area contributed by atoms with Gasteiger partial charge in [-0.05, 0) is 135 Å². The number of benzene rings is 3. The van der Waals surface area contributed by atoms with Crippen LogP contribution in [0.2, 0.25) is 0 Å². The van der Waals surface area contributed by atoms with E-state index in [4.69, 9.17) is 0 Å². The predicted octanol–water partition coefficient (Wildman–Crippen LogP) is 13.1. The van der Waals surface area contributed by atoms with Crippen molar-refractivity contribution in [2.24, 2.45) is 16.2 Å². The number of aromatic amines is 3. The van der Waals surface area contributed by atoms with Crippen LogP contribution in [0.3, 0.4) is 0 Å². The highest BCUT2D eigenvalue weighted by atomic mass is 19.1. The Morgan fingerprint density at radius 3 is 1.15 bits per heavy atom. The molecule has 0 fully saturated rings. The maximum Gasteiger partial charge on any atom is 0.162 e. The third-order valence-corrected chi connectivity index (χ3v) is 15.9. The molecule has 6 N–H and O–H groups in total. The molecule has 390 valence electrons. The van der Waals surface area contributed by atoms with Gasteiger partial charge in [0.05, 0.1) is 0 Å². The van der Waals surface area contributed by atoms with Gasteiger partial charge in [-0.3, -0.25) is 29.7 Å². The van der Waals surface area contributed by atoms with Gasteiger partial charge in [-0.15, -0.1) is 0 Å². The zero-order chi connectivity index (χ0) is 53.8. The number of hydrogen-bond donors (Lipinski definition) is 6. The normalized spacial score (nSPS) is 21.6. The number of allylic oxidation sites excluding steroid dienone is 6. The molecule has 75 heavy (non-hydrogen) atoms. The first-order valence-corrected chi connectivity index (χ1v) is 25.8. The monoisotopic (exact) mass is 1020 g/mol. The number of carbonyl (C=O) groups excluding carboxylic acids is 3. The lowest BCUT2D eigenvalue weighted by atomic mass is 9.68. The second-order valence-electron chi connectivity index (χ2n) is 24.0. The lowest BCUT2D eigenvalue weighted by Crippen LogP contribution is -2.34. The van der Waals surface area contributed by atoms with E-state index in [1.165, 1.54) is 18.2 Å². The van der Waals surface area contributed by atoms with Crippen LogP contribution in [0.4, 0.5) is 30.6 Å². The molecule has 3 aromatic carbocycles. The molecule has 3 aliphatic carbocycles. The first-order valence-electron chi connectivity index (χ1n) is 25.8. The molecule has 3 atom stereocenters. The maximum absolute atomic E-state index is 14.8. The Kier molecular flexibility index (Phi) is 12.6. The van der Waals surface area contributed by atoms with Crippen LogP contribution in [-0.4, -0.2) is 47.9 Å². The third-order valence-electron chi connectivity index (χ3n) is 15.9. The van der Waals surface area contributed by atoms with Gasteiger partial charge in [0.2, 0.25) is 0 Å². The Hall–Kier alpha value is -7.29. The average molecular weight is 1020 g/mol. The van der Waals surface area contributed by atoms with Gasteiger partial charge in [0, 0.05) is 110 Å². The first-order chi connectivity index (χ1) is 35.3. The summed E-state index contributed by atoms with van der Waals surface area (Å²) in [6.45, 7) is 24.2. The molecular weight excluding hydrogens is 952 g/mol. The number of aryl methyl sites for hydroxylation is 6. The summed E-state index contributed by atoms with van der Waals surface area (Å²) in [6.07, 6.45) is 3.80. The van der Waals surface area contributed by atoms with Gasteiger partial charge in [-0.25, -0.2) is 13.2 Å². The van der Waals surface area contributed by atoms with Crippen molar-refractivity contribution < 1.29 is 27.6 Å². The molecule has 0 saturated heterocycles. The van der Waals surface area contributed by atoms with E-state index in [2.05, 4.69) is 88.1 Å². The number of aromatic nitrogens is 6. The molecule has 6 aliphatic rings. The number of nitrogens with one attached hydrogen (secondary N) is 6. The Morgan fingerprint density at radius 2 is 0.787 bits per heavy atom. The Bertz CT molecular complexity index is 3320. The van der Waals surface area contributed by atoms with Crippen LogP contribution in [0.1, 0.15) is 165 Å². The van der Waals surface area contributed by atoms with Crippen molar-refractivity contribution in [2.45, 2.75) is 139 Å². The molecule has 6 aromatic rings. The molecule has 0 radical (unpaired) electrons. The van der Waals surface area contributed by atoms with Crippen LogP contribution in [-0.2, 0) is 14.4 Å². The summed E-state index contributed by atoms with van der Waals surface area (Å²) in [6, 6.07) is 14.7. The molecule has 12 nitrogen and oxygen atoms in total. The highest BCUT2D eigenvalue weighted by Crippen LogP contribution is 2.53. The van der Waals surface area contributed by atoms with Gasteiger partial charge in [0.15, 0.2) is 34.8 Å². The van der Waals surface area contributed by atoms with Crippen molar-refractivity contribution in [3.05, 3.63) is 173 Å². The number of hydrogen-bond acceptors (Lipinski definition) is 9. The fourth-order valence-electron chi connectivity index (χ4n) is 12.6. The van der Waals surface area contributed by atoms with Crippen LogP contribution in [0.5, 0.6) is 0 Å². The van der Waals surface area contributed by atoms with E-state index in [0.29, 0.717) is 36.2 Å². The predicted molar refractivity (Wildman–Crippen MR) is 285 cm³/mol. The van der Waals surface area contributed by atoms with Crippen LogP contribution < -0.4 is 16.0 Å². The number of H-pyrrole nitrogens is 3. The molecule has 0 spiro atoms. The molecule has 12 rings (SSSR count). The molecule has 3 aromatic heterocycles. The summed E-state index contributed by atoms with van der Waals surface area (Å²) in [5.74, 6) is 0.765. The molecule has 3 aliphatic heterocycles. The maximum atomic E-state index is 14.8. The van der Waals surface area contributed by atoms with E-state index >= 15 is 0 Å². The van der Waals surface area contributed by atoms with Crippen molar-refractivity contribution >= 4 is 34.8 Å². The van der Waals surface area contributed by atoms with Crippen LogP contribution in [0.25, 0.3) is 0 Å². The van der Waals surface area contributed by atoms with Crippen molar-refractivity contribution in [1.29, 1.82) is 0 Å². The number of Topliss-reactive ketones (excluding diaryl/α,β-unsaturated/α-hetero) is 3. The standard InChI is InChI=1S/3C20H22FN3O/c2*1-10-5-6-12(21)7-13(10)17-16-11(2)23-24-19(16)22-14-8-20(3,4)9-15(25)18(14)17;1-10-6-5-7-12(21)15(10)18-16-11(2)23-24-19(16)22-13-8-20(3,4)9-14(25)17(13)18/h2*5-7,17H,8-9H2,1-4H3,(H2,22,23,24);5-7,18H,8-9H2,1-4H3,(H2,22,23,24). The largest absolute Gasteiger partial charge is 0.342 e.